The lowest BCUT2D eigenvalue weighted by molar-refractivity contribution is -0.144. The Hall–Kier alpha value is -3.22. The molecule has 0 saturated carbocycles. The molecular formula is C18H18N4O3. The van der Waals surface area contributed by atoms with E-state index in [2.05, 4.69) is 20.3 Å². The van der Waals surface area contributed by atoms with Gasteiger partial charge in [0.05, 0.1) is 13.0 Å². The Bertz CT molecular complexity index is 868. The molecular weight excluding hydrogens is 320 g/mol. The predicted octanol–water partition coefficient (Wildman–Crippen LogP) is 2.17. The number of nitrogens with zero attached hydrogens (tertiary/aromatic N) is 3. The first-order valence-electron chi connectivity index (χ1n) is 7.83. The average Bonchev–Trinajstić information content (AvgIpc) is 2.65. The number of nitrogens with one attached hydrogen (secondary N) is 1. The summed E-state index contributed by atoms with van der Waals surface area (Å²) in [5.74, 6) is 0.126. The molecule has 0 fully saturated rings. The summed E-state index contributed by atoms with van der Waals surface area (Å²) >= 11 is 0. The molecule has 3 rings (SSSR count). The van der Waals surface area contributed by atoms with Crippen LogP contribution in [0.3, 0.4) is 0 Å². The van der Waals surface area contributed by atoms with Gasteiger partial charge in [-0.25, -0.2) is 9.97 Å². The molecule has 0 aliphatic rings. The number of pyridine rings is 1. The van der Waals surface area contributed by atoms with Crippen LogP contribution in [-0.4, -0.2) is 39.7 Å². The van der Waals surface area contributed by atoms with Crippen molar-refractivity contribution in [2.75, 3.05) is 19.0 Å². The van der Waals surface area contributed by atoms with E-state index in [0.29, 0.717) is 29.9 Å². The van der Waals surface area contributed by atoms with Crippen LogP contribution in [0.2, 0.25) is 0 Å². The molecule has 3 aromatic rings. The van der Waals surface area contributed by atoms with Gasteiger partial charge < -0.3 is 15.2 Å². The van der Waals surface area contributed by atoms with E-state index in [1.54, 1.807) is 42.7 Å². The number of carbonyl (C=O) groups excluding carboxylic acids is 1. The first-order chi connectivity index (χ1) is 12.2. The first kappa shape index (κ1) is 16.6. The highest BCUT2D eigenvalue weighted by Crippen LogP contribution is 2.16. The summed E-state index contributed by atoms with van der Waals surface area (Å²) in [6, 6.07) is 10.4. The number of hydrogen-bond acceptors (Lipinski definition) is 7. The lowest BCUT2D eigenvalue weighted by Gasteiger charge is -2.16. The van der Waals surface area contributed by atoms with E-state index in [1.165, 1.54) is 7.11 Å². The normalized spacial score (nSPS) is 11.9. The summed E-state index contributed by atoms with van der Waals surface area (Å²) in [6.07, 6.45) is 3.69. The third kappa shape index (κ3) is 4.20. The summed E-state index contributed by atoms with van der Waals surface area (Å²) in [5, 5.41) is 12.5. The van der Waals surface area contributed by atoms with Crippen molar-refractivity contribution in [1.82, 2.24) is 15.0 Å². The molecule has 0 aliphatic heterocycles. The molecule has 7 nitrogen and oxygen atoms in total. The Balaban J connectivity index is 1.71. The van der Waals surface area contributed by atoms with Crippen LogP contribution in [0, 0.1) is 5.92 Å². The van der Waals surface area contributed by atoms with Crippen molar-refractivity contribution in [2.45, 2.75) is 6.42 Å². The van der Waals surface area contributed by atoms with Crippen LogP contribution in [0.25, 0.3) is 11.2 Å². The van der Waals surface area contributed by atoms with E-state index in [9.17, 15) is 9.90 Å². The van der Waals surface area contributed by atoms with E-state index in [4.69, 9.17) is 4.74 Å². The Morgan fingerprint density at radius 2 is 1.92 bits per heavy atom. The Labute approximate surface area is 144 Å². The van der Waals surface area contributed by atoms with Crippen LogP contribution >= 0.6 is 0 Å². The SMILES string of the molecule is COC(=O)C(CNc1ccc2nccnc2n1)Cc1ccc(O)cc1. The zero-order valence-corrected chi connectivity index (χ0v) is 13.7. The summed E-state index contributed by atoms with van der Waals surface area (Å²) in [7, 11) is 1.37. The van der Waals surface area contributed by atoms with Crippen LogP contribution < -0.4 is 5.32 Å². The van der Waals surface area contributed by atoms with Crippen LogP contribution in [0.4, 0.5) is 5.82 Å². The Morgan fingerprint density at radius 3 is 2.68 bits per heavy atom. The molecule has 0 bridgehead atoms. The summed E-state index contributed by atoms with van der Waals surface area (Å²) < 4.78 is 4.90. The monoisotopic (exact) mass is 338 g/mol. The fraction of sp³-hybridized carbons (Fsp3) is 0.222. The fourth-order valence-electron chi connectivity index (χ4n) is 2.50. The lowest BCUT2D eigenvalue weighted by Crippen LogP contribution is -2.26. The minimum atomic E-state index is -0.381. The second kappa shape index (κ2) is 7.57. The average molecular weight is 338 g/mol. The minimum Gasteiger partial charge on any atom is -0.508 e. The van der Waals surface area contributed by atoms with E-state index in [1.807, 2.05) is 6.07 Å². The number of esters is 1. The Kier molecular flexibility index (Phi) is 5.03. The second-order valence-corrected chi connectivity index (χ2v) is 5.57. The summed E-state index contributed by atoms with van der Waals surface area (Å²) in [4.78, 5) is 24.8. The highest BCUT2D eigenvalue weighted by Gasteiger charge is 2.20. The Morgan fingerprint density at radius 1 is 1.16 bits per heavy atom. The number of carbonyl (C=O) groups is 1. The predicted molar refractivity (Wildman–Crippen MR) is 93.1 cm³/mol. The van der Waals surface area contributed by atoms with E-state index >= 15 is 0 Å². The fourth-order valence-corrected chi connectivity index (χ4v) is 2.50. The highest BCUT2D eigenvalue weighted by molar-refractivity contribution is 5.74. The molecule has 7 heteroatoms. The van der Waals surface area contributed by atoms with Crippen LogP contribution in [0.15, 0.2) is 48.8 Å². The number of hydrogen-bond donors (Lipinski definition) is 2. The summed E-state index contributed by atoms with van der Waals surface area (Å²) in [5.41, 5.74) is 2.19. The number of fused-ring (bicyclic) bond motifs is 1. The number of phenolic OH excluding ortho intramolecular Hbond substituents is 1. The number of methoxy groups -OCH3 is 1. The molecule has 1 aromatic carbocycles. The molecule has 0 aliphatic carbocycles. The van der Waals surface area contributed by atoms with Gasteiger partial charge in [-0.3, -0.25) is 9.78 Å². The minimum absolute atomic E-state index is 0.193. The second-order valence-electron chi connectivity index (χ2n) is 5.57. The van der Waals surface area contributed by atoms with E-state index in [-0.39, 0.29) is 17.6 Å². The van der Waals surface area contributed by atoms with Crippen molar-refractivity contribution in [1.29, 1.82) is 0 Å². The molecule has 0 spiro atoms. The number of aromatic nitrogens is 3. The zero-order valence-electron chi connectivity index (χ0n) is 13.7. The van der Waals surface area contributed by atoms with Gasteiger partial charge in [-0.1, -0.05) is 12.1 Å². The number of ether oxygens (including phenoxy) is 1. The van der Waals surface area contributed by atoms with Gasteiger partial charge in [0.15, 0.2) is 5.65 Å². The number of anilines is 1. The summed E-state index contributed by atoms with van der Waals surface area (Å²) in [6.45, 7) is 0.367. The largest absolute Gasteiger partial charge is 0.508 e. The molecule has 1 atom stereocenters. The van der Waals surface area contributed by atoms with Gasteiger partial charge in [0.2, 0.25) is 0 Å². The van der Waals surface area contributed by atoms with Gasteiger partial charge in [-0.15, -0.1) is 0 Å². The highest BCUT2D eigenvalue weighted by atomic mass is 16.5. The van der Waals surface area contributed by atoms with Gasteiger partial charge in [0.25, 0.3) is 0 Å². The molecule has 0 radical (unpaired) electrons. The molecule has 128 valence electrons. The van der Waals surface area contributed by atoms with E-state index < -0.39 is 0 Å². The molecule has 2 aromatic heterocycles. The van der Waals surface area contributed by atoms with Crippen molar-refractivity contribution in [3.63, 3.8) is 0 Å². The van der Waals surface area contributed by atoms with Crippen molar-refractivity contribution in [3.05, 3.63) is 54.4 Å². The number of phenols is 1. The van der Waals surface area contributed by atoms with E-state index in [0.717, 1.165) is 5.56 Å². The third-order valence-corrected chi connectivity index (χ3v) is 3.81. The maximum Gasteiger partial charge on any atom is 0.310 e. The van der Waals surface area contributed by atoms with Gasteiger partial charge >= 0.3 is 5.97 Å². The van der Waals surface area contributed by atoms with Gasteiger partial charge in [-0.05, 0) is 36.2 Å². The molecule has 0 amide bonds. The first-order valence-corrected chi connectivity index (χ1v) is 7.83. The number of aromatic hydroxyl groups is 1. The van der Waals surface area contributed by atoms with Crippen LogP contribution in [-0.2, 0) is 16.0 Å². The number of rotatable bonds is 6. The maximum atomic E-state index is 12.1. The van der Waals surface area contributed by atoms with Gasteiger partial charge in [0, 0.05) is 18.9 Å². The molecule has 2 heterocycles. The standard InChI is InChI=1S/C18H18N4O3/c1-25-18(24)13(10-12-2-4-14(23)5-3-12)11-21-16-7-6-15-17(22-16)20-9-8-19-15/h2-9,13,23H,10-11H2,1H3,(H,20,21,22). The van der Waals surface area contributed by atoms with Gasteiger partial charge in [0.1, 0.15) is 17.1 Å². The smallest absolute Gasteiger partial charge is 0.310 e. The van der Waals surface area contributed by atoms with Crippen molar-refractivity contribution in [2.24, 2.45) is 5.92 Å². The lowest BCUT2D eigenvalue weighted by atomic mass is 9.99. The van der Waals surface area contributed by atoms with Crippen molar-refractivity contribution < 1.29 is 14.6 Å². The van der Waals surface area contributed by atoms with Crippen molar-refractivity contribution in [3.8, 4) is 5.75 Å². The topological polar surface area (TPSA) is 97.2 Å². The molecule has 0 saturated heterocycles. The third-order valence-electron chi connectivity index (χ3n) is 3.81. The van der Waals surface area contributed by atoms with Gasteiger partial charge in [-0.2, -0.15) is 0 Å². The van der Waals surface area contributed by atoms with Crippen LogP contribution in [0.1, 0.15) is 5.56 Å². The van der Waals surface area contributed by atoms with Crippen molar-refractivity contribution >= 4 is 23.0 Å². The molecule has 2 N–H and O–H groups in total. The zero-order chi connectivity index (χ0) is 17.6. The van der Waals surface area contributed by atoms with Crippen LogP contribution in [0.5, 0.6) is 5.75 Å². The quantitative estimate of drug-likeness (QED) is 0.665. The number of benzene rings is 1. The molecule has 1 unspecified atom stereocenters. The maximum absolute atomic E-state index is 12.1. The molecule has 25 heavy (non-hydrogen) atoms.